The number of fused-ring (bicyclic) bond motifs is 3. The highest BCUT2D eigenvalue weighted by Gasteiger charge is 2.37. The minimum atomic E-state index is -1.23. The number of nitrogens with zero attached hydrogens (tertiary/aromatic N) is 2. The molecule has 0 aliphatic carbocycles. The molecular weight excluding hydrogens is 388 g/mol. The Bertz CT molecular complexity index is 994. The molecule has 2 aromatic heterocycles. The maximum Gasteiger partial charge on any atom is 0.341 e. The molecule has 1 N–H and O–H groups in total. The van der Waals surface area contributed by atoms with Gasteiger partial charge in [0.25, 0.3) is 5.88 Å². The van der Waals surface area contributed by atoms with E-state index in [9.17, 15) is 14.7 Å². The van der Waals surface area contributed by atoms with E-state index in [1.165, 1.54) is 19.4 Å². The number of rotatable bonds is 9. The van der Waals surface area contributed by atoms with Crippen LogP contribution in [0.15, 0.2) is 23.1 Å². The summed E-state index contributed by atoms with van der Waals surface area (Å²) in [5, 5.41) is 9.44. The van der Waals surface area contributed by atoms with E-state index >= 15 is 0 Å². The topological polar surface area (TPSA) is 99.9 Å². The van der Waals surface area contributed by atoms with Crippen molar-refractivity contribution in [2.45, 2.75) is 45.1 Å². The van der Waals surface area contributed by atoms with Gasteiger partial charge in [0.2, 0.25) is 0 Å². The smallest absolute Gasteiger partial charge is 0.341 e. The van der Waals surface area contributed by atoms with Gasteiger partial charge >= 0.3 is 5.97 Å². The van der Waals surface area contributed by atoms with E-state index in [4.69, 9.17) is 14.2 Å². The quantitative estimate of drug-likeness (QED) is 0.627. The van der Waals surface area contributed by atoms with E-state index in [-0.39, 0.29) is 11.1 Å². The van der Waals surface area contributed by atoms with E-state index in [0.717, 1.165) is 24.8 Å². The largest absolute Gasteiger partial charge is 0.488 e. The molecule has 30 heavy (non-hydrogen) atoms. The second kappa shape index (κ2) is 8.87. The van der Waals surface area contributed by atoms with Crippen LogP contribution in [0.5, 0.6) is 11.6 Å². The summed E-state index contributed by atoms with van der Waals surface area (Å²) in [4.78, 5) is 28.7. The summed E-state index contributed by atoms with van der Waals surface area (Å²) in [6.45, 7) is 5.19. The summed E-state index contributed by atoms with van der Waals surface area (Å²) in [5.74, 6) is -0.355. The third-order valence-corrected chi connectivity index (χ3v) is 5.85. The SMILES string of the molecule is CCC1(CC)Cc2cc(OCCCOC)c(OC)nc2-c2cc(=O)c(C(=O)O)cn21. The van der Waals surface area contributed by atoms with Crippen molar-refractivity contribution in [3.63, 3.8) is 0 Å². The maximum absolute atomic E-state index is 12.5. The lowest BCUT2D eigenvalue weighted by atomic mass is 9.80. The van der Waals surface area contributed by atoms with Crippen LogP contribution in [0.2, 0.25) is 0 Å². The van der Waals surface area contributed by atoms with Crippen molar-refractivity contribution in [2.24, 2.45) is 0 Å². The fraction of sp³-hybridized carbons (Fsp3) is 0.500. The van der Waals surface area contributed by atoms with Crippen molar-refractivity contribution in [3.05, 3.63) is 39.7 Å². The summed E-state index contributed by atoms with van der Waals surface area (Å²) in [5.41, 5.74) is 1.02. The number of carboxylic acids is 1. The number of aromatic carboxylic acids is 1. The zero-order chi connectivity index (χ0) is 21.9. The Kier molecular flexibility index (Phi) is 6.45. The average Bonchev–Trinajstić information content (AvgIpc) is 2.75. The Morgan fingerprint density at radius 1 is 1.23 bits per heavy atom. The molecule has 0 spiro atoms. The lowest BCUT2D eigenvalue weighted by Crippen LogP contribution is -2.40. The molecule has 1 aliphatic rings. The van der Waals surface area contributed by atoms with Crippen LogP contribution in [-0.2, 0) is 16.7 Å². The van der Waals surface area contributed by atoms with E-state index in [1.807, 2.05) is 10.6 Å². The van der Waals surface area contributed by atoms with E-state index in [0.29, 0.717) is 42.7 Å². The van der Waals surface area contributed by atoms with Gasteiger partial charge in [0, 0.05) is 37.9 Å². The van der Waals surface area contributed by atoms with Gasteiger partial charge < -0.3 is 23.9 Å². The molecule has 0 fully saturated rings. The highest BCUT2D eigenvalue weighted by atomic mass is 16.5. The highest BCUT2D eigenvalue weighted by Crippen LogP contribution is 2.43. The molecule has 0 aromatic carbocycles. The molecule has 0 saturated heterocycles. The van der Waals surface area contributed by atoms with Crippen LogP contribution in [0.4, 0.5) is 0 Å². The maximum atomic E-state index is 12.5. The van der Waals surface area contributed by atoms with Gasteiger partial charge in [0.1, 0.15) is 5.56 Å². The van der Waals surface area contributed by atoms with Crippen molar-refractivity contribution in [1.82, 2.24) is 9.55 Å². The summed E-state index contributed by atoms with van der Waals surface area (Å²) >= 11 is 0. The van der Waals surface area contributed by atoms with Crippen molar-refractivity contribution >= 4 is 5.97 Å². The van der Waals surface area contributed by atoms with Crippen molar-refractivity contribution < 1.29 is 24.1 Å². The van der Waals surface area contributed by atoms with Crippen LogP contribution >= 0.6 is 0 Å². The molecule has 3 heterocycles. The Morgan fingerprint density at radius 2 is 1.97 bits per heavy atom. The lowest BCUT2D eigenvalue weighted by molar-refractivity contribution is 0.0693. The van der Waals surface area contributed by atoms with Gasteiger partial charge in [-0.25, -0.2) is 9.78 Å². The van der Waals surface area contributed by atoms with Gasteiger partial charge in [-0.2, -0.15) is 0 Å². The summed E-state index contributed by atoms with van der Waals surface area (Å²) in [6, 6.07) is 3.29. The van der Waals surface area contributed by atoms with Crippen LogP contribution in [0, 0.1) is 0 Å². The second-order valence-corrected chi connectivity index (χ2v) is 7.42. The Morgan fingerprint density at radius 3 is 2.57 bits per heavy atom. The molecule has 0 amide bonds. The van der Waals surface area contributed by atoms with Crippen LogP contribution < -0.4 is 14.9 Å². The highest BCUT2D eigenvalue weighted by molar-refractivity contribution is 5.87. The van der Waals surface area contributed by atoms with Gasteiger partial charge in [0.05, 0.1) is 25.1 Å². The van der Waals surface area contributed by atoms with E-state index in [2.05, 4.69) is 18.8 Å². The number of aromatic nitrogens is 2. The Labute approximate surface area is 175 Å². The van der Waals surface area contributed by atoms with Crippen LogP contribution in [0.1, 0.15) is 49.0 Å². The predicted molar refractivity (Wildman–Crippen MR) is 112 cm³/mol. The summed E-state index contributed by atoms with van der Waals surface area (Å²) in [6.07, 6.45) is 4.39. The number of ether oxygens (including phenoxy) is 3. The van der Waals surface area contributed by atoms with Crippen molar-refractivity contribution in [3.8, 4) is 23.0 Å². The second-order valence-electron chi connectivity index (χ2n) is 7.42. The first-order valence-corrected chi connectivity index (χ1v) is 10.1. The molecule has 0 unspecified atom stereocenters. The standard InChI is InChI=1S/C22H28N2O6/c1-5-22(6-2)12-14-10-18(30-9-7-8-28-3)20(29-4)23-19(14)16-11-17(25)15(21(26)27)13-24(16)22/h10-11,13H,5-9,12H2,1-4H3,(H,26,27). The van der Waals surface area contributed by atoms with Gasteiger partial charge in [-0.05, 0) is 30.9 Å². The summed E-state index contributed by atoms with van der Waals surface area (Å²) < 4.78 is 18.3. The predicted octanol–water partition coefficient (Wildman–Crippen LogP) is 3.10. The summed E-state index contributed by atoms with van der Waals surface area (Å²) in [7, 11) is 3.16. The zero-order valence-electron chi connectivity index (χ0n) is 17.9. The van der Waals surface area contributed by atoms with E-state index < -0.39 is 11.4 Å². The van der Waals surface area contributed by atoms with Crippen LogP contribution in [0.3, 0.4) is 0 Å². The number of hydrogen-bond acceptors (Lipinski definition) is 6. The third kappa shape index (κ3) is 3.79. The molecule has 2 aromatic rings. The van der Waals surface area contributed by atoms with Gasteiger partial charge in [0.15, 0.2) is 11.2 Å². The molecule has 0 saturated carbocycles. The van der Waals surface area contributed by atoms with Gasteiger partial charge in [-0.15, -0.1) is 0 Å². The molecule has 0 radical (unpaired) electrons. The molecule has 0 bridgehead atoms. The van der Waals surface area contributed by atoms with Gasteiger partial charge in [-0.1, -0.05) is 13.8 Å². The lowest BCUT2D eigenvalue weighted by Gasteiger charge is -2.41. The zero-order valence-corrected chi connectivity index (χ0v) is 17.9. The molecular formula is C22H28N2O6. The average molecular weight is 416 g/mol. The van der Waals surface area contributed by atoms with Crippen molar-refractivity contribution in [2.75, 3.05) is 27.4 Å². The number of carbonyl (C=O) groups is 1. The molecule has 162 valence electrons. The first kappa shape index (κ1) is 21.8. The van der Waals surface area contributed by atoms with Crippen LogP contribution in [-0.4, -0.2) is 48.1 Å². The first-order chi connectivity index (χ1) is 14.4. The molecule has 8 nitrogen and oxygen atoms in total. The fourth-order valence-corrected chi connectivity index (χ4v) is 4.06. The number of pyridine rings is 2. The van der Waals surface area contributed by atoms with Gasteiger partial charge in [-0.3, -0.25) is 4.79 Å². The Hall–Kier alpha value is -2.87. The number of hydrogen-bond donors (Lipinski definition) is 1. The minimum Gasteiger partial charge on any atom is -0.488 e. The molecule has 0 atom stereocenters. The number of carboxylic acid groups (broad SMARTS) is 1. The number of methoxy groups -OCH3 is 2. The first-order valence-electron chi connectivity index (χ1n) is 10.1. The van der Waals surface area contributed by atoms with Crippen molar-refractivity contribution in [1.29, 1.82) is 0 Å². The van der Waals surface area contributed by atoms with Crippen LogP contribution in [0.25, 0.3) is 11.4 Å². The molecule has 1 aliphatic heterocycles. The third-order valence-electron chi connectivity index (χ3n) is 5.85. The Balaban J connectivity index is 2.17. The van der Waals surface area contributed by atoms with E-state index in [1.54, 1.807) is 7.11 Å². The molecule has 8 heteroatoms. The fourth-order valence-electron chi connectivity index (χ4n) is 4.06. The molecule has 3 rings (SSSR count). The monoisotopic (exact) mass is 416 g/mol. The normalized spacial score (nSPS) is 14.0. The minimum absolute atomic E-state index is 0.237.